The lowest BCUT2D eigenvalue weighted by molar-refractivity contribution is 1.30. The number of aromatic amines is 1. The Balaban J connectivity index is 2.55. The number of imidazole rings is 1. The quantitative estimate of drug-likeness (QED) is 0.791. The van der Waals surface area contributed by atoms with Gasteiger partial charge in [-0.25, -0.2) is 4.98 Å². The molecule has 0 atom stereocenters. The fourth-order valence-corrected chi connectivity index (χ4v) is 1.54. The summed E-state index contributed by atoms with van der Waals surface area (Å²) in [5.74, 6) is 0.891. The van der Waals surface area contributed by atoms with Crippen molar-refractivity contribution in [3.8, 4) is 11.4 Å². The first-order valence-corrected chi connectivity index (χ1v) is 4.41. The zero-order valence-corrected chi connectivity index (χ0v) is 7.88. The Morgan fingerprint density at radius 2 is 2.08 bits per heavy atom. The molecule has 0 aliphatic rings. The molecule has 0 saturated heterocycles. The Bertz CT molecular complexity index is 368. The van der Waals surface area contributed by atoms with Crippen LogP contribution >= 0.6 is 15.9 Å². The van der Waals surface area contributed by atoms with E-state index in [1.165, 1.54) is 0 Å². The number of nitrogens with zero attached hydrogens (tertiary/aromatic N) is 1. The monoisotopic (exact) mass is 222 g/mol. The van der Waals surface area contributed by atoms with E-state index >= 15 is 0 Å². The van der Waals surface area contributed by atoms with Gasteiger partial charge in [-0.3, -0.25) is 0 Å². The van der Waals surface area contributed by atoms with Crippen molar-refractivity contribution in [1.29, 1.82) is 0 Å². The molecule has 1 N–H and O–H groups in total. The normalized spacial score (nSPS) is 10.1. The summed E-state index contributed by atoms with van der Waals surface area (Å²) in [6, 6.07) is 7.99. The highest BCUT2D eigenvalue weighted by atomic mass is 79.9. The average molecular weight is 223 g/mol. The van der Waals surface area contributed by atoms with Gasteiger partial charge in [0.25, 0.3) is 0 Å². The SMILES string of the molecule is Brc1ccccc1-c1ncc[nH]1. The number of H-pyrrole nitrogens is 1. The third kappa shape index (κ3) is 1.28. The zero-order valence-electron chi connectivity index (χ0n) is 6.29. The second kappa shape index (κ2) is 3.11. The van der Waals surface area contributed by atoms with Crippen molar-refractivity contribution in [3.05, 3.63) is 41.1 Å². The molecule has 1 aromatic carbocycles. The highest BCUT2D eigenvalue weighted by Crippen LogP contribution is 2.24. The first kappa shape index (κ1) is 7.55. The average Bonchev–Trinajstić information content (AvgIpc) is 2.57. The minimum absolute atomic E-state index is 0.891. The van der Waals surface area contributed by atoms with Crippen LogP contribution in [0.15, 0.2) is 41.1 Å². The van der Waals surface area contributed by atoms with Crippen LogP contribution in [0.2, 0.25) is 0 Å². The lowest BCUT2D eigenvalue weighted by atomic mass is 10.2. The minimum atomic E-state index is 0.891. The number of hydrogen-bond acceptors (Lipinski definition) is 1. The van der Waals surface area contributed by atoms with Gasteiger partial charge < -0.3 is 4.98 Å². The van der Waals surface area contributed by atoms with Gasteiger partial charge in [0.1, 0.15) is 5.82 Å². The largest absolute Gasteiger partial charge is 0.345 e. The van der Waals surface area contributed by atoms with Crippen molar-refractivity contribution >= 4 is 15.9 Å². The Kier molecular flexibility index (Phi) is 1.96. The van der Waals surface area contributed by atoms with Crippen LogP contribution < -0.4 is 0 Å². The Morgan fingerprint density at radius 1 is 1.25 bits per heavy atom. The van der Waals surface area contributed by atoms with Gasteiger partial charge in [-0.15, -0.1) is 0 Å². The number of benzene rings is 1. The van der Waals surface area contributed by atoms with E-state index in [4.69, 9.17) is 0 Å². The molecule has 1 aromatic heterocycles. The van der Waals surface area contributed by atoms with E-state index in [1.54, 1.807) is 6.20 Å². The highest BCUT2D eigenvalue weighted by molar-refractivity contribution is 9.10. The fraction of sp³-hybridized carbons (Fsp3) is 0. The maximum atomic E-state index is 4.16. The molecule has 0 unspecified atom stereocenters. The Hall–Kier alpha value is -1.09. The van der Waals surface area contributed by atoms with Gasteiger partial charge in [0, 0.05) is 22.4 Å². The summed E-state index contributed by atoms with van der Waals surface area (Å²) < 4.78 is 1.06. The van der Waals surface area contributed by atoms with Gasteiger partial charge in [0.2, 0.25) is 0 Å². The van der Waals surface area contributed by atoms with Gasteiger partial charge in [0.15, 0.2) is 0 Å². The van der Waals surface area contributed by atoms with E-state index in [-0.39, 0.29) is 0 Å². The number of aromatic nitrogens is 2. The van der Waals surface area contributed by atoms with Crippen LogP contribution in [0.5, 0.6) is 0 Å². The molecule has 3 heteroatoms. The predicted molar refractivity (Wildman–Crippen MR) is 51.7 cm³/mol. The second-order valence-electron chi connectivity index (χ2n) is 2.42. The molecule has 2 rings (SSSR count). The van der Waals surface area contributed by atoms with E-state index in [0.717, 1.165) is 15.9 Å². The molecule has 60 valence electrons. The molecule has 0 amide bonds. The molecule has 0 radical (unpaired) electrons. The second-order valence-corrected chi connectivity index (χ2v) is 3.27. The van der Waals surface area contributed by atoms with Crippen molar-refractivity contribution in [3.63, 3.8) is 0 Å². The van der Waals surface area contributed by atoms with E-state index in [2.05, 4.69) is 25.9 Å². The summed E-state index contributed by atoms with van der Waals surface area (Å²) in [6.45, 7) is 0. The molecular weight excluding hydrogens is 216 g/mol. The van der Waals surface area contributed by atoms with Gasteiger partial charge in [-0.05, 0) is 6.07 Å². The predicted octanol–water partition coefficient (Wildman–Crippen LogP) is 2.84. The Morgan fingerprint density at radius 3 is 2.75 bits per heavy atom. The number of hydrogen-bond donors (Lipinski definition) is 1. The lowest BCUT2D eigenvalue weighted by Gasteiger charge is -1.98. The maximum absolute atomic E-state index is 4.16. The third-order valence-corrected chi connectivity index (χ3v) is 2.32. The summed E-state index contributed by atoms with van der Waals surface area (Å²) in [5.41, 5.74) is 1.09. The van der Waals surface area contributed by atoms with Gasteiger partial charge >= 0.3 is 0 Å². The first-order chi connectivity index (χ1) is 5.88. The van der Waals surface area contributed by atoms with E-state index in [0.29, 0.717) is 0 Å². The van der Waals surface area contributed by atoms with Crippen molar-refractivity contribution in [1.82, 2.24) is 9.97 Å². The summed E-state index contributed by atoms with van der Waals surface area (Å²) >= 11 is 3.46. The summed E-state index contributed by atoms with van der Waals surface area (Å²) in [4.78, 5) is 7.21. The summed E-state index contributed by atoms with van der Waals surface area (Å²) in [5, 5.41) is 0. The van der Waals surface area contributed by atoms with Crippen molar-refractivity contribution in [2.45, 2.75) is 0 Å². The van der Waals surface area contributed by atoms with Gasteiger partial charge in [-0.2, -0.15) is 0 Å². The van der Waals surface area contributed by atoms with Crippen LogP contribution in [-0.2, 0) is 0 Å². The first-order valence-electron chi connectivity index (χ1n) is 3.62. The molecular formula is C9H7BrN2. The lowest BCUT2D eigenvalue weighted by Crippen LogP contribution is -1.80. The molecule has 1 heterocycles. The fourth-order valence-electron chi connectivity index (χ4n) is 1.07. The molecule has 2 nitrogen and oxygen atoms in total. The molecule has 0 fully saturated rings. The number of halogens is 1. The molecule has 12 heavy (non-hydrogen) atoms. The smallest absolute Gasteiger partial charge is 0.138 e. The van der Waals surface area contributed by atoms with Crippen LogP contribution in [-0.4, -0.2) is 9.97 Å². The van der Waals surface area contributed by atoms with Gasteiger partial charge in [-0.1, -0.05) is 34.1 Å². The summed E-state index contributed by atoms with van der Waals surface area (Å²) in [7, 11) is 0. The molecule has 0 aliphatic carbocycles. The molecule has 0 saturated carbocycles. The van der Waals surface area contributed by atoms with Crippen LogP contribution in [0.1, 0.15) is 0 Å². The molecule has 2 aromatic rings. The van der Waals surface area contributed by atoms with E-state index in [1.807, 2.05) is 30.5 Å². The van der Waals surface area contributed by atoms with E-state index in [9.17, 15) is 0 Å². The summed E-state index contributed by atoms with van der Waals surface area (Å²) in [6.07, 6.45) is 3.56. The van der Waals surface area contributed by atoms with Gasteiger partial charge in [0.05, 0.1) is 0 Å². The van der Waals surface area contributed by atoms with Crippen LogP contribution in [0.25, 0.3) is 11.4 Å². The highest BCUT2D eigenvalue weighted by Gasteiger charge is 2.02. The minimum Gasteiger partial charge on any atom is -0.345 e. The van der Waals surface area contributed by atoms with Crippen LogP contribution in [0, 0.1) is 0 Å². The molecule has 0 bridgehead atoms. The number of rotatable bonds is 1. The van der Waals surface area contributed by atoms with Crippen molar-refractivity contribution in [2.24, 2.45) is 0 Å². The van der Waals surface area contributed by atoms with Crippen LogP contribution in [0.4, 0.5) is 0 Å². The zero-order chi connectivity index (χ0) is 8.39. The Labute approximate surface area is 78.8 Å². The van der Waals surface area contributed by atoms with E-state index < -0.39 is 0 Å². The molecule has 0 spiro atoms. The topological polar surface area (TPSA) is 28.7 Å². The maximum Gasteiger partial charge on any atom is 0.138 e. The van der Waals surface area contributed by atoms with Crippen LogP contribution in [0.3, 0.4) is 0 Å². The molecule has 0 aliphatic heterocycles. The number of nitrogens with one attached hydrogen (secondary N) is 1. The van der Waals surface area contributed by atoms with Crippen molar-refractivity contribution in [2.75, 3.05) is 0 Å². The third-order valence-electron chi connectivity index (χ3n) is 1.63. The van der Waals surface area contributed by atoms with Crippen molar-refractivity contribution < 1.29 is 0 Å². The standard InChI is InChI=1S/C9H7BrN2/c10-8-4-2-1-3-7(8)9-11-5-6-12-9/h1-6H,(H,11,12).